The number of carbonyl (C=O) groups is 1. The first kappa shape index (κ1) is 13.4. The summed E-state index contributed by atoms with van der Waals surface area (Å²) >= 11 is 3.40. The van der Waals surface area contributed by atoms with Gasteiger partial charge in [-0.25, -0.2) is 5.43 Å². The highest BCUT2D eigenvalue weighted by atomic mass is 79.9. The molecular formula is C14H12BrN3O. The molecule has 4 nitrogen and oxygen atoms in total. The molecule has 96 valence electrons. The number of hydrazone groups is 1. The van der Waals surface area contributed by atoms with Crippen molar-refractivity contribution in [3.05, 3.63) is 64.4 Å². The molecule has 0 aliphatic rings. The van der Waals surface area contributed by atoms with Crippen LogP contribution in [0.15, 0.2) is 58.4 Å². The number of hydrogen-bond donors (Lipinski definition) is 1. The molecule has 0 saturated heterocycles. The first-order valence-electron chi connectivity index (χ1n) is 5.67. The molecule has 0 atom stereocenters. The van der Waals surface area contributed by atoms with E-state index in [2.05, 4.69) is 31.4 Å². The predicted octanol–water partition coefficient (Wildman–Crippen LogP) is 3.00. The molecule has 1 amide bonds. The Balaban J connectivity index is 2.09. The summed E-state index contributed by atoms with van der Waals surface area (Å²) in [6, 6.07) is 11.0. The van der Waals surface area contributed by atoms with Gasteiger partial charge in [-0.2, -0.15) is 5.10 Å². The van der Waals surface area contributed by atoms with Gasteiger partial charge in [-0.1, -0.05) is 28.1 Å². The van der Waals surface area contributed by atoms with Gasteiger partial charge in [0, 0.05) is 22.4 Å². The number of aromatic nitrogens is 1. The maximum absolute atomic E-state index is 11.8. The summed E-state index contributed by atoms with van der Waals surface area (Å²) in [7, 11) is 0. The molecule has 19 heavy (non-hydrogen) atoms. The number of hydrogen-bond acceptors (Lipinski definition) is 3. The van der Waals surface area contributed by atoms with Crippen molar-refractivity contribution in [1.82, 2.24) is 10.4 Å². The van der Waals surface area contributed by atoms with Crippen molar-refractivity contribution in [2.24, 2.45) is 5.10 Å². The number of carbonyl (C=O) groups excluding carboxylic acids is 1. The van der Waals surface area contributed by atoms with Gasteiger partial charge in [0.25, 0.3) is 5.91 Å². The largest absolute Gasteiger partial charge is 0.271 e. The first-order chi connectivity index (χ1) is 9.16. The fraction of sp³-hybridized carbons (Fsp3) is 0.0714. The van der Waals surface area contributed by atoms with E-state index in [1.807, 2.05) is 31.2 Å². The number of pyridine rings is 1. The molecule has 0 radical (unpaired) electrons. The Morgan fingerprint density at radius 1 is 1.21 bits per heavy atom. The monoisotopic (exact) mass is 317 g/mol. The van der Waals surface area contributed by atoms with Crippen LogP contribution in [0.1, 0.15) is 22.8 Å². The van der Waals surface area contributed by atoms with Crippen molar-refractivity contribution < 1.29 is 4.79 Å². The molecule has 0 bridgehead atoms. The second-order valence-electron chi connectivity index (χ2n) is 3.88. The molecule has 1 N–H and O–H groups in total. The van der Waals surface area contributed by atoms with Gasteiger partial charge in [0.15, 0.2) is 0 Å². The van der Waals surface area contributed by atoms with Crippen molar-refractivity contribution in [2.75, 3.05) is 0 Å². The normalized spacial score (nSPS) is 11.2. The molecule has 5 heteroatoms. The van der Waals surface area contributed by atoms with E-state index in [-0.39, 0.29) is 5.91 Å². The molecule has 1 aromatic heterocycles. The average Bonchev–Trinajstić information content (AvgIpc) is 2.45. The van der Waals surface area contributed by atoms with Gasteiger partial charge in [-0.15, -0.1) is 0 Å². The molecular weight excluding hydrogens is 306 g/mol. The first-order valence-corrected chi connectivity index (χ1v) is 6.47. The number of benzene rings is 1. The molecule has 0 aliphatic heterocycles. The molecule has 0 aliphatic carbocycles. The minimum absolute atomic E-state index is 0.253. The Bertz CT molecular complexity index is 611. The van der Waals surface area contributed by atoms with Gasteiger partial charge in [-0.05, 0) is 36.8 Å². The summed E-state index contributed by atoms with van der Waals surface area (Å²) in [4.78, 5) is 15.7. The molecule has 0 unspecified atom stereocenters. The van der Waals surface area contributed by atoms with Crippen LogP contribution in [0, 0.1) is 0 Å². The van der Waals surface area contributed by atoms with E-state index < -0.39 is 0 Å². The van der Waals surface area contributed by atoms with Gasteiger partial charge < -0.3 is 0 Å². The number of amides is 1. The minimum atomic E-state index is -0.253. The van der Waals surface area contributed by atoms with E-state index in [0.717, 1.165) is 15.7 Å². The fourth-order valence-corrected chi connectivity index (χ4v) is 1.88. The SMILES string of the molecule is C/C(=N/NC(=O)c1ccncc1)c1cccc(Br)c1. The number of nitrogens with zero attached hydrogens (tertiary/aromatic N) is 2. The molecule has 0 fully saturated rings. The van der Waals surface area contributed by atoms with Crippen LogP contribution in [-0.2, 0) is 0 Å². The molecule has 2 aromatic rings. The van der Waals surface area contributed by atoms with Crippen LogP contribution < -0.4 is 5.43 Å². The van der Waals surface area contributed by atoms with Gasteiger partial charge in [-0.3, -0.25) is 9.78 Å². The Morgan fingerprint density at radius 3 is 2.63 bits per heavy atom. The number of nitrogens with one attached hydrogen (secondary N) is 1. The third kappa shape index (κ3) is 3.72. The zero-order valence-corrected chi connectivity index (χ0v) is 11.9. The Kier molecular flexibility index (Phi) is 4.41. The Hall–Kier alpha value is -2.01. The van der Waals surface area contributed by atoms with Crippen molar-refractivity contribution in [3.8, 4) is 0 Å². The van der Waals surface area contributed by atoms with Crippen molar-refractivity contribution in [1.29, 1.82) is 0 Å². The van der Waals surface area contributed by atoms with E-state index in [9.17, 15) is 4.79 Å². The van der Waals surface area contributed by atoms with Crippen LogP contribution in [0.4, 0.5) is 0 Å². The summed E-state index contributed by atoms with van der Waals surface area (Å²) in [5, 5.41) is 4.09. The number of halogens is 1. The van der Waals surface area contributed by atoms with Gasteiger partial charge in [0.05, 0.1) is 5.71 Å². The van der Waals surface area contributed by atoms with Crippen LogP contribution in [0.25, 0.3) is 0 Å². The van der Waals surface area contributed by atoms with Crippen molar-refractivity contribution in [3.63, 3.8) is 0 Å². The second-order valence-corrected chi connectivity index (χ2v) is 4.80. The van der Waals surface area contributed by atoms with Crippen LogP contribution in [0.5, 0.6) is 0 Å². The summed E-state index contributed by atoms with van der Waals surface area (Å²) in [5.41, 5.74) is 4.74. The van der Waals surface area contributed by atoms with Gasteiger partial charge in [0.1, 0.15) is 0 Å². The van der Waals surface area contributed by atoms with E-state index in [1.165, 1.54) is 0 Å². The summed E-state index contributed by atoms with van der Waals surface area (Å²) in [6.45, 7) is 1.84. The molecule has 1 heterocycles. The quantitative estimate of drug-likeness (QED) is 0.699. The lowest BCUT2D eigenvalue weighted by Gasteiger charge is -2.03. The lowest BCUT2D eigenvalue weighted by Crippen LogP contribution is -2.19. The third-order valence-corrected chi connectivity index (χ3v) is 3.00. The smallest absolute Gasteiger partial charge is 0.267 e. The van der Waals surface area contributed by atoms with E-state index in [1.54, 1.807) is 24.5 Å². The van der Waals surface area contributed by atoms with Crippen molar-refractivity contribution in [2.45, 2.75) is 6.92 Å². The minimum Gasteiger partial charge on any atom is -0.267 e. The van der Waals surface area contributed by atoms with Crippen LogP contribution >= 0.6 is 15.9 Å². The van der Waals surface area contributed by atoms with Crippen LogP contribution in [0.2, 0.25) is 0 Å². The van der Waals surface area contributed by atoms with Crippen LogP contribution in [-0.4, -0.2) is 16.6 Å². The van der Waals surface area contributed by atoms with Gasteiger partial charge in [0.2, 0.25) is 0 Å². The van der Waals surface area contributed by atoms with E-state index in [4.69, 9.17) is 0 Å². The second kappa shape index (κ2) is 6.24. The lowest BCUT2D eigenvalue weighted by atomic mass is 10.1. The maximum Gasteiger partial charge on any atom is 0.271 e. The highest BCUT2D eigenvalue weighted by Gasteiger charge is 2.04. The van der Waals surface area contributed by atoms with Crippen LogP contribution in [0.3, 0.4) is 0 Å². The average molecular weight is 318 g/mol. The van der Waals surface area contributed by atoms with Crippen molar-refractivity contribution >= 4 is 27.5 Å². The van der Waals surface area contributed by atoms with Gasteiger partial charge >= 0.3 is 0 Å². The molecule has 1 aromatic carbocycles. The maximum atomic E-state index is 11.8. The zero-order valence-electron chi connectivity index (χ0n) is 10.3. The summed E-state index contributed by atoms with van der Waals surface area (Å²) in [5.74, 6) is -0.253. The molecule has 0 saturated carbocycles. The predicted molar refractivity (Wildman–Crippen MR) is 78.1 cm³/mol. The Labute approximate surface area is 119 Å². The molecule has 0 spiro atoms. The van der Waals surface area contributed by atoms with E-state index >= 15 is 0 Å². The standard InChI is InChI=1S/C14H12BrN3O/c1-10(12-3-2-4-13(15)9-12)17-18-14(19)11-5-7-16-8-6-11/h2-9H,1H3,(H,18,19)/b17-10-. The summed E-state index contributed by atoms with van der Waals surface area (Å²) < 4.78 is 0.972. The van der Waals surface area contributed by atoms with E-state index in [0.29, 0.717) is 5.56 Å². The Morgan fingerprint density at radius 2 is 1.95 bits per heavy atom. The third-order valence-electron chi connectivity index (χ3n) is 2.51. The topological polar surface area (TPSA) is 54.4 Å². The highest BCUT2D eigenvalue weighted by molar-refractivity contribution is 9.10. The fourth-order valence-electron chi connectivity index (χ4n) is 1.48. The molecule has 2 rings (SSSR count). The zero-order chi connectivity index (χ0) is 13.7. The summed E-state index contributed by atoms with van der Waals surface area (Å²) in [6.07, 6.45) is 3.14. The lowest BCUT2D eigenvalue weighted by molar-refractivity contribution is 0.0954. The number of rotatable bonds is 3. The highest BCUT2D eigenvalue weighted by Crippen LogP contribution is 2.12.